The summed E-state index contributed by atoms with van der Waals surface area (Å²) in [5, 5.41) is 5.32. The topological polar surface area (TPSA) is 46.9 Å². The molecule has 1 N–H and O–H groups in total. The smallest absolute Gasteiger partial charge is 0.164 e. The van der Waals surface area contributed by atoms with Gasteiger partial charge in [0.05, 0.1) is 5.52 Å². The van der Waals surface area contributed by atoms with E-state index in [-0.39, 0.29) is 5.78 Å². The first kappa shape index (κ1) is 19.8. The van der Waals surface area contributed by atoms with E-state index >= 15 is 0 Å². The van der Waals surface area contributed by atoms with Crippen LogP contribution >= 0.6 is 11.6 Å². The highest BCUT2D eigenvalue weighted by Crippen LogP contribution is 2.31. The van der Waals surface area contributed by atoms with Gasteiger partial charge < -0.3 is 9.88 Å². The second kappa shape index (κ2) is 8.56. The summed E-state index contributed by atoms with van der Waals surface area (Å²) in [7, 11) is 0. The molecule has 0 radical (unpaired) electrons. The van der Waals surface area contributed by atoms with Crippen LogP contribution in [0.5, 0.6) is 0 Å². The highest BCUT2D eigenvalue weighted by atomic mass is 35.5. The summed E-state index contributed by atoms with van der Waals surface area (Å²) >= 11 is 6.10. The van der Waals surface area contributed by atoms with Crippen molar-refractivity contribution < 1.29 is 4.79 Å². The van der Waals surface area contributed by atoms with Gasteiger partial charge in [-0.15, -0.1) is 0 Å². The molecule has 0 atom stereocenters. The lowest BCUT2D eigenvalue weighted by Crippen LogP contribution is -2.15. The van der Waals surface area contributed by atoms with E-state index in [1.165, 1.54) is 5.69 Å². The van der Waals surface area contributed by atoms with Crippen molar-refractivity contribution in [1.82, 2.24) is 9.55 Å². The molecule has 1 aliphatic rings. The Morgan fingerprint density at radius 3 is 2.77 bits per heavy atom. The number of carbonyl (C=O) groups excluding carboxylic acids is 1. The third-order valence-corrected chi connectivity index (χ3v) is 6.21. The van der Waals surface area contributed by atoms with Crippen molar-refractivity contribution in [1.29, 1.82) is 0 Å². The number of pyridine rings is 1. The third kappa shape index (κ3) is 3.96. The molecule has 156 valence electrons. The summed E-state index contributed by atoms with van der Waals surface area (Å²) in [5.74, 6) is 0.275. The van der Waals surface area contributed by atoms with E-state index in [0.717, 1.165) is 65.8 Å². The highest BCUT2D eigenvalue weighted by molar-refractivity contribution is 6.31. The van der Waals surface area contributed by atoms with Crippen molar-refractivity contribution >= 4 is 34.0 Å². The molecule has 0 saturated heterocycles. The predicted molar refractivity (Wildman–Crippen MR) is 127 cm³/mol. The number of rotatable bonds is 6. The second-order valence-electron chi connectivity index (χ2n) is 7.98. The average molecular weight is 430 g/mol. The lowest BCUT2D eigenvalue weighted by Gasteiger charge is -2.17. The summed E-state index contributed by atoms with van der Waals surface area (Å²) in [4.78, 5) is 16.9. The Kier molecular flexibility index (Phi) is 5.47. The van der Waals surface area contributed by atoms with Gasteiger partial charge in [0.2, 0.25) is 0 Å². The number of nitrogens with zero attached hydrogens (tertiary/aromatic N) is 2. The first-order valence-corrected chi connectivity index (χ1v) is 11.2. The molecule has 2 heterocycles. The van der Waals surface area contributed by atoms with Gasteiger partial charge in [-0.05, 0) is 55.2 Å². The highest BCUT2D eigenvalue weighted by Gasteiger charge is 2.24. The first-order chi connectivity index (χ1) is 15.2. The molecule has 5 heteroatoms. The monoisotopic (exact) mass is 429 g/mol. The number of ketones is 1. The minimum atomic E-state index is 0.275. The van der Waals surface area contributed by atoms with Crippen molar-refractivity contribution in [3.8, 4) is 11.3 Å². The maximum atomic E-state index is 12.5. The number of halogens is 1. The normalized spacial score (nSPS) is 13.4. The van der Waals surface area contributed by atoms with Crippen molar-refractivity contribution in [3.05, 3.63) is 83.1 Å². The fourth-order valence-electron chi connectivity index (χ4n) is 4.49. The van der Waals surface area contributed by atoms with E-state index in [9.17, 15) is 4.79 Å². The minimum absolute atomic E-state index is 0.275. The van der Waals surface area contributed by atoms with Crippen LogP contribution in [0.2, 0.25) is 5.02 Å². The van der Waals surface area contributed by atoms with Gasteiger partial charge in [0.15, 0.2) is 5.78 Å². The lowest BCUT2D eigenvalue weighted by molar-refractivity contribution is 0.0971. The molecule has 0 unspecified atom stereocenters. The van der Waals surface area contributed by atoms with E-state index in [1.807, 2.05) is 36.5 Å². The molecule has 2 aromatic heterocycles. The molecule has 0 saturated carbocycles. The second-order valence-corrected chi connectivity index (χ2v) is 8.42. The molecular formula is C26H24ClN3O. The summed E-state index contributed by atoms with van der Waals surface area (Å²) in [6.07, 6.45) is 5.33. The summed E-state index contributed by atoms with van der Waals surface area (Å²) in [5.41, 5.74) is 6.37. The fraction of sp³-hybridized carbons (Fsp3) is 0.231. The van der Waals surface area contributed by atoms with Gasteiger partial charge in [-0.3, -0.25) is 9.78 Å². The average Bonchev–Trinajstić information content (AvgIpc) is 3.17. The molecule has 1 aliphatic carbocycles. The molecule has 31 heavy (non-hydrogen) atoms. The Balaban J connectivity index is 1.36. The molecule has 5 rings (SSSR count). The molecule has 0 fully saturated rings. The molecule has 0 aliphatic heterocycles. The molecule has 0 amide bonds. The maximum Gasteiger partial charge on any atom is 0.164 e. The number of nitrogens with one attached hydrogen (secondary N) is 1. The van der Waals surface area contributed by atoms with Crippen LogP contribution in [0.3, 0.4) is 0 Å². The van der Waals surface area contributed by atoms with Gasteiger partial charge in [0, 0.05) is 58.8 Å². The quantitative estimate of drug-likeness (QED) is 0.362. The minimum Gasteiger partial charge on any atom is -0.384 e. The van der Waals surface area contributed by atoms with Crippen LogP contribution in [-0.2, 0) is 13.0 Å². The predicted octanol–water partition coefficient (Wildman–Crippen LogP) is 6.38. The number of benzene rings is 2. The van der Waals surface area contributed by atoms with E-state index in [4.69, 9.17) is 11.6 Å². The molecule has 2 aromatic carbocycles. The molecule has 4 nitrogen and oxygen atoms in total. The number of anilines is 1. The van der Waals surface area contributed by atoms with Gasteiger partial charge in [-0.2, -0.15) is 0 Å². The van der Waals surface area contributed by atoms with Gasteiger partial charge >= 0.3 is 0 Å². The van der Waals surface area contributed by atoms with Crippen LogP contribution in [0.15, 0.2) is 66.9 Å². The van der Waals surface area contributed by atoms with Crippen molar-refractivity contribution in [2.24, 2.45) is 0 Å². The van der Waals surface area contributed by atoms with Gasteiger partial charge in [0.1, 0.15) is 0 Å². The Hall–Kier alpha value is -3.11. The lowest BCUT2D eigenvalue weighted by atomic mass is 9.96. The van der Waals surface area contributed by atoms with Crippen LogP contribution in [0.1, 0.15) is 35.3 Å². The number of hydrogen-bond acceptors (Lipinski definition) is 3. The summed E-state index contributed by atoms with van der Waals surface area (Å²) in [6, 6.07) is 20.3. The number of hydrogen-bond donors (Lipinski definition) is 1. The van der Waals surface area contributed by atoms with Crippen molar-refractivity contribution in [2.45, 2.75) is 32.2 Å². The standard InChI is InChI=1S/C26H24ClN3O/c27-19-10-11-20-22(12-14-29-23(20)16-19)28-13-5-15-30-24-8-4-9-26(31)21(24)17-25(30)18-6-2-1-3-7-18/h1-3,6-7,10-12,14,16-17H,4-5,8-9,13,15H2,(H,28,29). The molecule has 4 aromatic rings. The van der Waals surface area contributed by atoms with Gasteiger partial charge in [-0.25, -0.2) is 0 Å². The zero-order chi connectivity index (χ0) is 21.2. The fourth-order valence-corrected chi connectivity index (χ4v) is 4.66. The van der Waals surface area contributed by atoms with Crippen LogP contribution in [-0.4, -0.2) is 21.9 Å². The zero-order valence-corrected chi connectivity index (χ0v) is 18.0. The zero-order valence-electron chi connectivity index (χ0n) is 17.3. The molecule has 0 spiro atoms. The Labute approximate surface area is 186 Å². The summed E-state index contributed by atoms with van der Waals surface area (Å²) < 4.78 is 2.35. The van der Waals surface area contributed by atoms with Crippen molar-refractivity contribution in [3.63, 3.8) is 0 Å². The van der Waals surface area contributed by atoms with E-state index in [0.29, 0.717) is 11.4 Å². The largest absolute Gasteiger partial charge is 0.384 e. The van der Waals surface area contributed by atoms with E-state index in [1.54, 1.807) is 0 Å². The maximum absolute atomic E-state index is 12.5. The summed E-state index contributed by atoms with van der Waals surface area (Å²) in [6.45, 7) is 1.70. The van der Waals surface area contributed by atoms with Gasteiger partial charge in [0.25, 0.3) is 0 Å². The molecular weight excluding hydrogens is 406 g/mol. The first-order valence-electron chi connectivity index (χ1n) is 10.8. The van der Waals surface area contributed by atoms with Gasteiger partial charge in [-0.1, -0.05) is 41.9 Å². The van der Waals surface area contributed by atoms with Crippen LogP contribution in [0, 0.1) is 0 Å². The Morgan fingerprint density at radius 1 is 1.03 bits per heavy atom. The Bertz CT molecular complexity index is 1250. The molecule has 0 bridgehead atoms. The number of carbonyl (C=O) groups is 1. The van der Waals surface area contributed by atoms with Crippen LogP contribution in [0.4, 0.5) is 5.69 Å². The SMILES string of the molecule is O=C1CCCc2c1cc(-c1ccccc1)n2CCCNc1ccnc2cc(Cl)ccc12. The van der Waals surface area contributed by atoms with Crippen molar-refractivity contribution in [2.75, 3.05) is 11.9 Å². The van der Waals surface area contributed by atoms with Crippen LogP contribution < -0.4 is 5.32 Å². The number of fused-ring (bicyclic) bond motifs is 2. The number of aromatic nitrogens is 2. The van der Waals surface area contributed by atoms with E-state index in [2.05, 4.69) is 45.2 Å². The van der Waals surface area contributed by atoms with E-state index < -0.39 is 0 Å². The van der Waals surface area contributed by atoms with Crippen LogP contribution in [0.25, 0.3) is 22.2 Å². The third-order valence-electron chi connectivity index (χ3n) is 5.97. The number of Topliss-reactive ketones (excluding diaryl/α,β-unsaturated/α-hetero) is 1. The Morgan fingerprint density at radius 2 is 1.90 bits per heavy atom.